The summed E-state index contributed by atoms with van der Waals surface area (Å²) < 4.78 is 0. The van der Waals surface area contributed by atoms with E-state index in [0.29, 0.717) is 25.4 Å². The van der Waals surface area contributed by atoms with Gasteiger partial charge in [0, 0.05) is 25.6 Å². The molecule has 4 nitrogen and oxygen atoms in total. The van der Waals surface area contributed by atoms with Gasteiger partial charge in [0.25, 0.3) is 0 Å². The number of carbonyl (C=O) groups is 1. The fraction of sp³-hybridized carbons (Fsp3) is 0.923. The predicted octanol–water partition coefficient (Wildman–Crippen LogP) is 0.982. The molecular formula is C13H26N2O2. The molecule has 0 aromatic heterocycles. The molecule has 0 radical (unpaired) electrons. The van der Waals surface area contributed by atoms with Gasteiger partial charge in [-0.2, -0.15) is 0 Å². The first-order valence-corrected chi connectivity index (χ1v) is 6.82. The van der Waals surface area contributed by atoms with Crippen LogP contribution in [0.1, 0.15) is 39.0 Å². The summed E-state index contributed by atoms with van der Waals surface area (Å²) >= 11 is 0. The second kappa shape index (κ2) is 7.67. The second-order valence-electron chi connectivity index (χ2n) is 4.96. The maximum Gasteiger partial charge on any atom is 0.225 e. The number of aliphatic hydroxyl groups is 1. The Morgan fingerprint density at radius 2 is 2.24 bits per heavy atom. The number of aliphatic hydroxyl groups excluding tert-OH is 1. The first-order valence-electron chi connectivity index (χ1n) is 6.82. The van der Waals surface area contributed by atoms with E-state index < -0.39 is 0 Å². The van der Waals surface area contributed by atoms with Crippen molar-refractivity contribution < 1.29 is 9.90 Å². The summed E-state index contributed by atoms with van der Waals surface area (Å²) in [6.07, 6.45) is 4.92. The molecule has 100 valence electrons. The third kappa shape index (κ3) is 4.28. The fourth-order valence-electron chi connectivity index (χ4n) is 2.67. The van der Waals surface area contributed by atoms with Crippen LogP contribution in [0.15, 0.2) is 0 Å². The monoisotopic (exact) mass is 242 g/mol. The molecule has 2 unspecified atom stereocenters. The van der Waals surface area contributed by atoms with E-state index in [1.807, 2.05) is 11.8 Å². The minimum atomic E-state index is 0.153. The summed E-state index contributed by atoms with van der Waals surface area (Å²) in [6, 6.07) is 0. The molecule has 0 saturated heterocycles. The summed E-state index contributed by atoms with van der Waals surface area (Å²) in [5.41, 5.74) is 5.70. The summed E-state index contributed by atoms with van der Waals surface area (Å²) in [6.45, 7) is 4.27. The van der Waals surface area contributed by atoms with Crippen LogP contribution in [-0.4, -0.2) is 42.2 Å². The molecular weight excluding hydrogens is 216 g/mol. The van der Waals surface area contributed by atoms with E-state index >= 15 is 0 Å². The van der Waals surface area contributed by atoms with Crippen LogP contribution in [0.25, 0.3) is 0 Å². The van der Waals surface area contributed by atoms with E-state index in [9.17, 15) is 4.79 Å². The number of hydrogen-bond acceptors (Lipinski definition) is 3. The minimum absolute atomic E-state index is 0.153. The topological polar surface area (TPSA) is 66.6 Å². The van der Waals surface area contributed by atoms with Gasteiger partial charge in [-0.1, -0.05) is 6.42 Å². The van der Waals surface area contributed by atoms with E-state index in [1.165, 1.54) is 6.42 Å². The molecule has 2 atom stereocenters. The van der Waals surface area contributed by atoms with Gasteiger partial charge in [0.05, 0.1) is 0 Å². The molecule has 4 heteroatoms. The standard InChI is InChI=1S/C13H26N2O2/c1-2-15(7-4-8-16)13(17)12-6-3-5-11(9-12)10-14/h11-12,16H,2-10,14H2,1H3. The van der Waals surface area contributed by atoms with Crippen LogP contribution in [0.4, 0.5) is 0 Å². The van der Waals surface area contributed by atoms with E-state index in [0.717, 1.165) is 25.8 Å². The van der Waals surface area contributed by atoms with Gasteiger partial charge in [-0.25, -0.2) is 0 Å². The normalized spacial score (nSPS) is 24.6. The highest BCUT2D eigenvalue weighted by molar-refractivity contribution is 5.78. The van der Waals surface area contributed by atoms with Crippen LogP contribution in [0.3, 0.4) is 0 Å². The summed E-state index contributed by atoms with van der Waals surface area (Å²) in [4.78, 5) is 14.2. The van der Waals surface area contributed by atoms with Gasteiger partial charge in [-0.15, -0.1) is 0 Å². The molecule has 0 aromatic rings. The Morgan fingerprint density at radius 3 is 2.82 bits per heavy atom. The van der Waals surface area contributed by atoms with Crippen molar-refractivity contribution in [3.05, 3.63) is 0 Å². The van der Waals surface area contributed by atoms with Gasteiger partial charge < -0.3 is 15.7 Å². The highest BCUT2D eigenvalue weighted by atomic mass is 16.3. The highest BCUT2D eigenvalue weighted by Crippen LogP contribution is 2.29. The Morgan fingerprint density at radius 1 is 1.47 bits per heavy atom. The minimum Gasteiger partial charge on any atom is -0.396 e. The molecule has 1 saturated carbocycles. The van der Waals surface area contributed by atoms with Crippen LogP contribution in [0.2, 0.25) is 0 Å². The molecule has 1 aliphatic rings. The number of amides is 1. The van der Waals surface area contributed by atoms with Gasteiger partial charge in [-0.05, 0) is 45.1 Å². The molecule has 1 aliphatic carbocycles. The molecule has 1 rings (SSSR count). The van der Waals surface area contributed by atoms with Crippen LogP contribution in [0.5, 0.6) is 0 Å². The third-order valence-corrected chi connectivity index (χ3v) is 3.74. The van der Waals surface area contributed by atoms with Crippen molar-refractivity contribution in [1.29, 1.82) is 0 Å². The SMILES string of the molecule is CCN(CCCO)C(=O)C1CCCC(CN)C1. The Balaban J connectivity index is 2.48. The van der Waals surface area contributed by atoms with Gasteiger partial charge >= 0.3 is 0 Å². The molecule has 1 fully saturated rings. The van der Waals surface area contributed by atoms with E-state index in [1.54, 1.807) is 0 Å². The fourth-order valence-corrected chi connectivity index (χ4v) is 2.67. The van der Waals surface area contributed by atoms with Gasteiger partial charge in [0.2, 0.25) is 5.91 Å². The lowest BCUT2D eigenvalue weighted by Crippen LogP contribution is -2.39. The number of hydrogen-bond donors (Lipinski definition) is 2. The maximum absolute atomic E-state index is 12.3. The zero-order valence-corrected chi connectivity index (χ0v) is 10.9. The average molecular weight is 242 g/mol. The highest BCUT2D eigenvalue weighted by Gasteiger charge is 2.28. The van der Waals surface area contributed by atoms with Crippen LogP contribution < -0.4 is 5.73 Å². The lowest BCUT2D eigenvalue weighted by molar-refractivity contribution is -0.137. The number of rotatable bonds is 6. The van der Waals surface area contributed by atoms with Crippen molar-refractivity contribution in [2.24, 2.45) is 17.6 Å². The number of nitrogens with two attached hydrogens (primary N) is 1. The second-order valence-corrected chi connectivity index (χ2v) is 4.96. The first kappa shape index (κ1) is 14.5. The molecule has 0 bridgehead atoms. The van der Waals surface area contributed by atoms with Crippen molar-refractivity contribution in [3.63, 3.8) is 0 Å². The van der Waals surface area contributed by atoms with Crippen molar-refractivity contribution in [2.45, 2.75) is 39.0 Å². The number of carbonyl (C=O) groups excluding carboxylic acids is 1. The lowest BCUT2D eigenvalue weighted by atomic mass is 9.80. The average Bonchev–Trinajstić information content (AvgIpc) is 2.39. The van der Waals surface area contributed by atoms with Gasteiger partial charge in [0.15, 0.2) is 0 Å². The first-order chi connectivity index (χ1) is 8.22. The molecule has 0 aliphatic heterocycles. The molecule has 17 heavy (non-hydrogen) atoms. The number of nitrogens with zero attached hydrogens (tertiary/aromatic N) is 1. The Hall–Kier alpha value is -0.610. The largest absolute Gasteiger partial charge is 0.396 e. The summed E-state index contributed by atoms with van der Waals surface area (Å²) in [7, 11) is 0. The van der Waals surface area contributed by atoms with Crippen LogP contribution in [-0.2, 0) is 4.79 Å². The summed E-state index contributed by atoms with van der Waals surface area (Å²) in [5, 5.41) is 8.83. The van der Waals surface area contributed by atoms with E-state index in [2.05, 4.69) is 0 Å². The quantitative estimate of drug-likeness (QED) is 0.729. The van der Waals surface area contributed by atoms with E-state index in [-0.39, 0.29) is 18.4 Å². The van der Waals surface area contributed by atoms with Crippen molar-refractivity contribution in [1.82, 2.24) is 4.90 Å². The molecule has 0 spiro atoms. The molecule has 0 aromatic carbocycles. The van der Waals surface area contributed by atoms with Crippen molar-refractivity contribution >= 4 is 5.91 Å². The molecule has 0 heterocycles. The Labute approximate surface area is 104 Å². The predicted molar refractivity (Wildman–Crippen MR) is 68.5 cm³/mol. The zero-order chi connectivity index (χ0) is 12.7. The van der Waals surface area contributed by atoms with Crippen molar-refractivity contribution in [3.8, 4) is 0 Å². The van der Waals surface area contributed by atoms with Gasteiger partial charge in [-0.3, -0.25) is 4.79 Å². The Kier molecular flexibility index (Phi) is 6.52. The van der Waals surface area contributed by atoms with Gasteiger partial charge in [0.1, 0.15) is 0 Å². The molecule has 3 N–H and O–H groups in total. The smallest absolute Gasteiger partial charge is 0.225 e. The molecule has 1 amide bonds. The van der Waals surface area contributed by atoms with Crippen molar-refractivity contribution in [2.75, 3.05) is 26.2 Å². The van der Waals surface area contributed by atoms with Crippen LogP contribution in [0, 0.1) is 11.8 Å². The third-order valence-electron chi connectivity index (χ3n) is 3.74. The van der Waals surface area contributed by atoms with E-state index in [4.69, 9.17) is 10.8 Å². The maximum atomic E-state index is 12.3. The zero-order valence-electron chi connectivity index (χ0n) is 10.9. The Bertz CT molecular complexity index is 233. The summed E-state index contributed by atoms with van der Waals surface area (Å²) in [5.74, 6) is 0.948. The van der Waals surface area contributed by atoms with Crippen LogP contribution >= 0.6 is 0 Å². The lowest BCUT2D eigenvalue weighted by Gasteiger charge is -2.31.